The zero-order valence-electron chi connectivity index (χ0n) is 19.7. The Labute approximate surface area is 231 Å². The molecule has 5 aromatic rings. The number of nitrogens with one attached hydrogen (secondary N) is 1. The van der Waals surface area contributed by atoms with Gasteiger partial charge in [-0.15, -0.1) is 0 Å². The van der Waals surface area contributed by atoms with Crippen molar-refractivity contribution in [2.75, 3.05) is 0 Å². The molecule has 0 bridgehead atoms. The zero-order chi connectivity index (χ0) is 27.0. The summed E-state index contributed by atoms with van der Waals surface area (Å²) in [7, 11) is 0. The molecule has 0 saturated heterocycles. The first-order valence-corrected chi connectivity index (χ1v) is 12.5. The maximum Gasteiger partial charge on any atom is 0.337 e. The Hall–Kier alpha value is -4.04. The second kappa shape index (κ2) is 10.4. The van der Waals surface area contributed by atoms with Gasteiger partial charge in [-0.25, -0.2) is 9.48 Å². The van der Waals surface area contributed by atoms with Crippen LogP contribution in [0.3, 0.4) is 0 Å². The second-order valence-corrected chi connectivity index (χ2v) is 9.74. The van der Waals surface area contributed by atoms with Crippen LogP contribution in [0.5, 0.6) is 0 Å². The molecule has 0 unspecified atom stereocenters. The van der Waals surface area contributed by atoms with E-state index in [2.05, 4.69) is 11.7 Å². The fraction of sp³-hybridized carbons (Fsp3) is 0.0357. The highest BCUT2D eigenvalue weighted by Crippen LogP contribution is 2.25. The summed E-state index contributed by atoms with van der Waals surface area (Å²) < 4.78 is 2.98. The van der Waals surface area contributed by atoms with Gasteiger partial charge in [0.2, 0.25) is 0 Å². The summed E-state index contributed by atoms with van der Waals surface area (Å²) in [6.45, 7) is 4.38. The molecular weight excluding hydrogens is 547 g/mol. The van der Waals surface area contributed by atoms with E-state index in [-0.39, 0.29) is 10.6 Å². The van der Waals surface area contributed by atoms with Crippen LogP contribution in [0.15, 0.2) is 77.7 Å². The van der Waals surface area contributed by atoms with Crippen molar-refractivity contribution >= 4 is 53.4 Å². The number of carbonyl (C=O) groups is 1. The molecule has 3 aromatic carbocycles. The Morgan fingerprint density at radius 2 is 1.79 bits per heavy atom. The van der Waals surface area contributed by atoms with Crippen LogP contribution < -0.4 is 16.1 Å². The van der Waals surface area contributed by atoms with E-state index in [1.807, 2.05) is 42.6 Å². The van der Waals surface area contributed by atoms with Crippen LogP contribution in [0.25, 0.3) is 29.6 Å². The number of halogens is 3. The number of carboxylic acids is 1. The lowest BCUT2D eigenvalue weighted by Gasteiger charge is -2.05. The van der Waals surface area contributed by atoms with E-state index >= 15 is 0 Å². The number of carboxylic acid groups (broad SMARTS) is 1. The molecule has 0 fully saturated rings. The molecule has 38 heavy (non-hydrogen) atoms. The summed E-state index contributed by atoms with van der Waals surface area (Å²) in [6, 6.07) is 19.2. The van der Waals surface area contributed by atoms with Gasteiger partial charge in [0.05, 0.1) is 39.1 Å². The molecule has 10 heteroatoms. The number of hydrogen-bond donors (Lipinski definition) is 2. The maximum atomic E-state index is 13.4. The Morgan fingerprint density at radius 1 is 1.03 bits per heavy atom. The fourth-order valence-electron chi connectivity index (χ4n) is 4.07. The Balaban J connectivity index is 1.64. The van der Waals surface area contributed by atoms with Gasteiger partial charge < -0.3 is 5.11 Å². The van der Waals surface area contributed by atoms with Gasteiger partial charge in [-0.05, 0) is 42.0 Å². The summed E-state index contributed by atoms with van der Waals surface area (Å²) in [6.07, 6.45) is 3.54. The third-order valence-electron chi connectivity index (χ3n) is 5.93. The van der Waals surface area contributed by atoms with Gasteiger partial charge in [0.25, 0.3) is 5.56 Å². The molecule has 2 heterocycles. The maximum absolute atomic E-state index is 13.4. The summed E-state index contributed by atoms with van der Waals surface area (Å²) >= 11 is 18.4. The molecular formula is C28H19Cl3N4O3. The summed E-state index contributed by atoms with van der Waals surface area (Å²) in [5.74, 6) is -1.20. The third kappa shape index (κ3) is 5.04. The molecule has 0 aliphatic heterocycles. The first-order valence-electron chi connectivity index (χ1n) is 11.3. The topological polar surface area (TPSA) is 92.9 Å². The van der Waals surface area contributed by atoms with Gasteiger partial charge >= 0.3 is 5.97 Å². The van der Waals surface area contributed by atoms with Gasteiger partial charge in [-0.1, -0.05) is 77.8 Å². The standard InChI is InChI=1S/C28H19Cl3N4O3/c1-16-22(27(36)35(32-16)21-9-10-24(30)23(13-21)28(37)38)11-19-15-34(14-18-7-8-20(29)12-25(18)31)33-26(19)17-5-3-2-4-6-17/h2-13,15,32H,1,14H2,(H,37,38). The Kier molecular flexibility index (Phi) is 6.99. The van der Waals surface area contributed by atoms with Crippen molar-refractivity contribution < 1.29 is 9.90 Å². The lowest BCUT2D eigenvalue weighted by molar-refractivity contribution is 0.0697. The van der Waals surface area contributed by atoms with Crippen LogP contribution in [-0.4, -0.2) is 30.6 Å². The van der Waals surface area contributed by atoms with E-state index in [0.717, 1.165) is 11.1 Å². The third-order valence-corrected chi connectivity index (χ3v) is 6.84. The molecule has 2 aromatic heterocycles. The molecule has 0 saturated carbocycles. The number of aromatic nitrogens is 4. The number of aromatic carboxylic acids is 1. The highest BCUT2D eigenvalue weighted by Gasteiger charge is 2.15. The molecule has 7 nitrogen and oxygen atoms in total. The van der Waals surface area contributed by atoms with Crippen molar-refractivity contribution in [2.45, 2.75) is 6.54 Å². The molecule has 0 amide bonds. The highest BCUT2D eigenvalue weighted by atomic mass is 35.5. The highest BCUT2D eigenvalue weighted by molar-refractivity contribution is 6.35. The Morgan fingerprint density at radius 3 is 2.50 bits per heavy atom. The number of rotatable bonds is 6. The van der Waals surface area contributed by atoms with Crippen molar-refractivity contribution in [1.82, 2.24) is 19.6 Å². The zero-order valence-corrected chi connectivity index (χ0v) is 21.9. The predicted octanol–water partition coefficient (Wildman–Crippen LogP) is 4.97. The number of H-pyrrole nitrogens is 1. The van der Waals surface area contributed by atoms with E-state index < -0.39 is 11.5 Å². The van der Waals surface area contributed by atoms with E-state index in [0.29, 0.717) is 44.1 Å². The number of hydrogen-bond acceptors (Lipinski definition) is 3. The van der Waals surface area contributed by atoms with Crippen LogP contribution >= 0.6 is 34.8 Å². The van der Waals surface area contributed by atoms with Gasteiger partial charge in [0, 0.05) is 27.4 Å². The SMILES string of the molecule is C=c1[nH]n(-c2ccc(Cl)c(C(=O)O)c2)c(=O)c1=Cc1cn(Cc2ccc(Cl)cc2Cl)nc1-c1ccccc1. The largest absolute Gasteiger partial charge is 0.478 e. The van der Waals surface area contributed by atoms with Crippen molar-refractivity contribution in [2.24, 2.45) is 0 Å². The monoisotopic (exact) mass is 564 g/mol. The quantitative estimate of drug-likeness (QED) is 0.304. The molecule has 0 atom stereocenters. The fourth-order valence-corrected chi connectivity index (χ4v) is 4.73. The van der Waals surface area contributed by atoms with Crippen molar-refractivity contribution in [1.29, 1.82) is 0 Å². The van der Waals surface area contributed by atoms with Crippen LogP contribution in [0.4, 0.5) is 0 Å². The number of aromatic amines is 1. The number of nitrogens with zero attached hydrogens (tertiary/aromatic N) is 3. The first-order chi connectivity index (χ1) is 18.2. The molecule has 190 valence electrons. The molecule has 0 spiro atoms. The minimum absolute atomic E-state index is 0.0724. The van der Waals surface area contributed by atoms with Gasteiger partial charge in [0.15, 0.2) is 0 Å². The molecule has 2 N–H and O–H groups in total. The summed E-state index contributed by atoms with van der Waals surface area (Å²) in [4.78, 5) is 24.9. The van der Waals surface area contributed by atoms with E-state index in [9.17, 15) is 14.7 Å². The van der Waals surface area contributed by atoms with E-state index in [1.54, 1.807) is 29.0 Å². The van der Waals surface area contributed by atoms with Crippen LogP contribution in [0.1, 0.15) is 21.5 Å². The smallest absolute Gasteiger partial charge is 0.337 e. The van der Waals surface area contributed by atoms with Gasteiger partial charge in [0.1, 0.15) is 0 Å². The average Bonchev–Trinajstić information content (AvgIpc) is 3.42. The summed E-state index contributed by atoms with van der Waals surface area (Å²) in [5, 5.41) is 18.9. The van der Waals surface area contributed by atoms with Crippen LogP contribution in [0.2, 0.25) is 15.1 Å². The van der Waals surface area contributed by atoms with Crippen LogP contribution in [-0.2, 0) is 6.54 Å². The summed E-state index contributed by atoms with van der Waals surface area (Å²) in [5.41, 5.74) is 2.86. The normalized spacial score (nSPS) is 11.7. The number of benzene rings is 3. The lowest BCUT2D eigenvalue weighted by atomic mass is 10.1. The minimum atomic E-state index is -1.20. The van der Waals surface area contributed by atoms with Gasteiger partial charge in [-0.2, -0.15) is 5.10 Å². The second-order valence-electron chi connectivity index (χ2n) is 8.49. The Bertz CT molecular complexity index is 1860. The predicted molar refractivity (Wildman–Crippen MR) is 150 cm³/mol. The molecule has 5 rings (SSSR count). The van der Waals surface area contributed by atoms with Gasteiger partial charge in [-0.3, -0.25) is 14.6 Å². The van der Waals surface area contributed by atoms with E-state index in [4.69, 9.17) is 39.9 Å². The average molecular weight is 566 g/mol. The van der Waals surface area contributed by atoms with Crippen LogP contribution in [0, 0.1) is 0 Å². The molecule has 0 aliphatic rings. The molecule has 0 aliphatic carbocycles. The van der Waals surface area contributed by atoms with Crippen molar-refractivity contribution in [3.8, 4) is 16.9 Å². The minimum Gasteiger partial charge on any atom is -0.478 e. The first kappa shape index (κ1) is 25.6. The lowest BCUT2D eigenvalue weighted by Crippen LogP contribution is -2.34. The molecule has 0 radical (unpaired) electrons. The van der Waals surface area contributed by atoms with E-state index in [1.165, 1.54) is 16.8 Å². The van der Waals surface area contributed by atoms with Crippen molar-refractivity contribution in [3.05, 3.63) is 126 Å². The van der Waals surface area contributed by atoms with Crippen molar-refractivity contribution in [3.63, 3.8) is 0 Å².